The maximum atomic E-state index is 14.2. The summed E-state index contributed by atoms with van der Waals surface area (Å²) in [4.78, 5) is 72.9. The molecule has 6 amide bonds. The molecule has 3 fully saturated rings. The zero-order valence-corrected chi connectivity index (χ0v) is 29.1. The number of benzene rings is 1. The summed E-state index contributed by atoms with van der Waals surface area (Å²) in [6, 6.07) is 3.44. The smallest absolute Gasteiger partial charge is 0.410 e. The third-order valence-corrected chi connectivity index (χ3v) is 12.3. The Kier molecular flexibility index (Phi) is 9.42. The van der Waals surface area contributed by atoms with Gasteiger partial charge in [0.05, 0.1) is 11.8 Å². The van der Waals surface area contributed by atoms with Crippen LogP contribution < -0.4 is 15.4 Å². The first-order valence-corrected chi connectivity index (χ1v) is 18.7. The molecule has 4 bridgehead atoms. The third-order valence-electron chi connectivity index (χ3n) is 10.5. The Balaban J connectivity index is 1.27. The van der Waals surface area contributed by atoms with Gasteiger partial charge in [0, 0.05) is 39.0 Å². The molecule has 0 aromatic heterocycles. The van der Waals surface area contributed by atoms with E-state index in [1.165, 1.54) is 11.0 Å². The molecule has 3 aliphatic heterocycles. The quantitative estimate of drug-likeness (QED) is 0.362. The van der Waals surface area contributed by atoms with E-state index in [2.05, 4.69) is 28.0 Å². The summed E-state index contributed by atoms with van der Waals surface area (Å²) >= 11 is 0. The zero-order valence-electron chi connectivity index (χ0n) is 28.3. The van der Waals surface area contributed by atoms with Crippen LogP contribution in [0.4, 0.5) is 9.59 Å². The van der Waals surface area contributed by atoms with Gasteiger partial charge in [-0.2, -0.15) is 0 Å². The molecule has 15 heteroatoms. The minimum absolute atomic E-state index is 0.0508. The Labute approximate surface area is 287 Å². The van der Waals surface area contributed by atoms with Crippen molar-refractivity contribution >= 4 is 39.9 Å². The highest BCUT2D eigenvalue weighted by Crippen LogP contribution is 2.45. The number of carbonyl (C=O) groups is 5. The van der Waals surface area contributed by atoms with Crippen LogP contribution in [0, 0.1) is 11.8 Å². The molecule has 266 valence electrons. The number of nitrogens with one attached hydrogen (secondary N) is 3. The second kappa shape index (κ2) is 13.3. The first-order valence-electron chi connectivity index (χ1n) is 17.1. The lowest BCUT2D eigenvalue weighted by atomic mass is 9.99. The Hall–Kier alpha value is -4.14. The predicted molar refractivity (Wildman–Crippen MR) is 178 cm³/mol. The Morgan fingerprint density at radius 1 is 1.12 bits per heavy atom. The van der Waals surface area contributed by atoms with E-state index in [0.29, 0.717) is 32.5 Å². The highest BCUT2D eigenvalue weighted by atomic mass is 32.2. The zero-order chi connectivity index (χ0) is 35.2. The maximum absolute atomic E-state index is 14.2. The number of nitrogens with zero attached hydrogens (tertiary/aromatic N) is 3. The fraction of sp³-hybridized carbons (Fsp3) is 0.618. The maximum Gasteiger partial charge on any atom is 0.410 e. The van der Waals surface area contributed by atoms with Crippen LogP contribution in [-0.4, -0.2) is 102 Å². The van der Waals surface area contributed by atoms with Crippen LogP contribution in [-0.2, 0) is 48.7 Å². The van der Waals surface area contributed by atoms with Gasteiger partial charge in [0.25, 0.3) is 5.91 Å². The van der Waals surface area contributed by atoms with Gasteiger partial charge in [-0.1, -0.05) is 38.1 Å². The molecule has 1 aromatic carbocycles. The molecule has 1 saturated heterocycles. The molecular weight excluding hydrogens is 652 g/mol. The summed E-state index contributed by atoms with van der Waals surface area (Å²) in [5, 5.41) is 4.95. The molecule has 2 aliphatic carbocycles. The van der Waals surface area contributed by atoms with Crippen LogP contribution in [0.5, 0.6) is 0 Å². The Morgan fingerprint density at radius 3 is 2.53 bits per heavy atom. The number of hydrogen-bond donors (Lipinski definition) is 3. The molecule has 3 N–H and O–H groups in total. The molecule has 2 saturated carbocycles. The van der Waals surface area contributed by atoms with E-state index in [0.717, 1.165) is 36.0 Å². The van der Waals surface area contributed by atoms with Crippen molar-refractivity contribution in [2.24, 2.45) is 11.8 Å². The number of urea groups is 1. The van der Waals surface area contributed by atoms with E-state index in [-0.39, 0.29) is 25.3 Å². The van der Waals surface area contributed by atoms with Gasteiger partial charge >= 0.3 is 12.1 Å². The van der Waals surface area contributed by atoms with Crippen LogP contribution in [0.25, 0.3) is 0 Å². The molecule has 3 heterocycles. The number of rotatable bonds is 7. The largest absolute Gasteiger partial charge is 0.444 e. The van der Waals surface area contributed by atoms with Crippen LogP contribution in [0.2, 0.25) is 0 Å². The average molecular weight is 699 g/mol. The lowest BCUT2D eigenvalue weighted by Gasteiger charge is -2.32. The molecule has 0 spiro atoms. The number of fused-ring (bicyclic) bond motifs is 3. The van der Waals surface area contributed by atoms with Gasteiger partial charge in [-0.3, -0.25) is 24.0 Å². The Bertz CT molecular complexity index is 1660. The molecule has 6 rings (SSSR count). The second-order valence-electron chi connectivity index (χ2n) is 14.4. The molecule has 49 heavy (non-hydrogen) atoms. The lowest BCUT2D eigenvalue weighted by molar-refractivity contribution is -0.141. The summed E-state index contributed by atoms with van der Waals surface area (Å²) in [5.74, 6) is -2.94. The molecular formula is C34H46N6O8S. The van der Waals surface area contributed by atoms with E-state index in [1.54, 1.807) is 30.7 Å². The van der Waals surface area contributed by atoms with Crippen molar-refractivity contribution < 1.29 is 37.1 Å². The van der Waals surface area contributed by atoms with Crippen LogP contribution in [0.3, 0.4) is 0 Å². The molecule has 5 atom stereocenters. The molecule has 14 nitrogen and oxygen atoms in total. The molecule has 0 unspecified atom stereocenters. The topological polar surface area (TPSA) is 175 Å². The summed E-state index contributed by atoms with van der Waals surface area (Å²) in [6.45, 7) is 8.44. The van der Waals surface area contributed by atoms with Gasteiger partial charge in [0.15, 0.2) is 0 Å². The highest BCUT2D eigenvalue weighted by molar-refractivity contribution is 7.91. The molecule has 5 aliphatic rings. The normalized spacial score (nSPS) is 29.1. The van der Waals surface area contributed by atoms with E-state index in [1.807, 2.05) is 12.1 Å². The van der Waals surface area contributed by atoms with Gasteiger partial charge in [-0.15, -0.1) is 6.58 Å². The van der Waals surface area contributed by atoms with Crippen molar-refractivity contribution in [1.29, 1.82) is 0 Å². The summed E-state index contributed by atoms with van der Waals surface area (Å²) in [6.07, 6.45) is 3.44. The number of sulfonamides is 1. The van der Waals surface area contributed by atoms with Gasteiger partial charge in [-0.25, -0.2) is 18.0 Å². The van der Waals surface area contributed by atoms with Crippen molar-refractivity contribution in [3.8, 4) is 0 Å². The number of aryl methyl sites for hydroxylation is 1. The van der Waals surface area contributed by atoms with Crippen molar-refractivity contribution in [2.45, 2.75) is 101 Å². The summed E-state index contributed by atoms with van der Waals surface area (Å²) < 4.78 is 33.3. The van der Waals surface area contributed by atoms with Crippen molar-refractivity contribution in [2.75, 3.05) is 20.1 Å². The first kappa shape index (κ1) is 34.7. The van der Waals surface area contributed by atoms with E-state index < -0.39 is 74.8 Å². The third kappa shape index (κ3) is 6.99. The van der Waals surface area contributed by atoms with E-state index in [4.69, 9.17) is 4.74 Å². The SMILES string of the molecule is C=C[C@@H]1C[C@]1(NC(=O)[C@@H]1C[C@@H]2CN1C(=O)[C@H](C(C)C)NC(=O)N(C)CCCCc1cccc3c1CN(C3)C(=O)O2)C(=O)NS(=O)(=O)C1CC1. The highest BCUT2D eigenvalue weighted by Gasteiger charge is 2.62. The summed E-state index contributed by atoms with van der Waals surface area (Å²) in [5.41, 5.74) is 1.72. The van der Waals surface area contributed by atoms with Crippen molar-refractivity contribution in [3.63, 3.8) is 0 Å². The monoisotopic (exact) mass is 698 g/mol. The lowest BCUT2D eigenvalue weighted by Crippen LogP contribution is -2.59. The summed E-state index contributed by atoms with van der Waals surface area (Å²) in [7, 11) is -2.21. The van der Waals surface area contributed by atoms with Gasteiger partial charge in [0.1, 0.15) is 23.7 Å². The Morgan fingerprint density at radius 2 is 1.86 bits per heavy atom. The number of amides is 6. The van der Waals surface area contributed by atoms with Crippen LogP contribution in [0.1, 0.15) is 69.1 Å². The predicted octanol–water partition coefficient (Wildman–Crippen LogP) is 1.78. The minimum Gasteiger partial charge on any atom is -0.444 e. The van der Waals surface area contributed by atoms with Crippen molar-refractivity contribution in [3.05, 3.63) is 47.5 Å². The van der Waals surface area contributed by atoms with Gasteiger partial charge in [-0.05, 0) is 61.1 Å². The average Bonchev–Trinajstić information content (AvgIpc) is 3.95. The van der Waals surface area contributed by atoms with Gasteiger partial charge < -0.3 is 25.2 Å². The van der Waals surface area contributed by atoms with E-state index >= 15 is 0 Å². The van der Waals surface area contributed by atoms with Crippen LogP contribution >= 0.6 is 0 Å². The van der Waals surface area contributed by atoms with Crippen molar-refractivity contribution in [1.82, 2.24) is 30.1 Å². The first-order chi connectivity index (χ1) is 23.2. The number of ether oxygens (including phenoxy) is 1. The van der Waals surface area contributed by atoms with Crippen LogP contribution in [0.15, 0.2) is 30.9 Å². The number of carbonyl (C=O) groups excluding carboxylic acids is 5. The fourth-order valence-electron chi connectivity index (χ4n) is 7.17. The molecule has 0 radical (unpaired) electrons. The molecule has 1 aromatic rings. The minimum atomic E-state index is -3.89. The second-order valence-corrected chi connectivity index (χ2v) is 16.4. The number of hydrogen-bond acceptors (Lipinski definition) is 8. The van der Waals surface area contributed by atoms with E-state index in [9.17, 15) is 32.4 Å². The standard InChI is InChI=1S/C34H46N6O8S/c1-5-23-16-34(23,31(43)37-49(46,47)25-12-13-25)36-29(41)27-15-24-18-40(27)30(42)28(20(2)3)35-32(44)38(4)14-7-6-9-21-10-8-11-22-17-39(19-26(21)22)33(45)48-24/h5,8,10-11,20,23-25,27-28H,1,6-7,9,12-19H2,2-4H3,(H,35,44)(H,36,41)(H,37,43)/t23-,24-,27+,28+,34-/m1/s1. The fourth-order valence-corrected chi connectivity index (χ4v) is 8.53. The van der Waals surface area contributed by atoms with Gasteiger partial charge in [0.2, 0.25) is 21.8 Å².